The molecule has 148 valence electrons. The van der Waals surface area contributed by atoms with Gasteiger partial charge in [0.15, 0.2) is 0 Å². The molecule has 0 saturated heterocycles. The van der Waals surface area contributed by atoms with Gasteiger partial charge in [-0.2, -0.15) is 0 Å². The number of aliphatic hydroxyl groups excluding tert-OH is 1. The number of aryl methyl sites for hydroxylation is 2. The van der Waals surface area contributed by atoms with Gasteiger partial charge in [0, 0.05) is 24.9 Å². The summed E-state index contributed by atoms with van der Waals surface area (Å²) < 4.78 is 0. The fraction of sp³-hybridized carbons (Fsp3) is 0.429. The number of aromatic nitrogens is 2. The molecule has 1 heterocycles. The van der Waals surface area contributed by atoms with Gasteiger partial charge in [0.1, 0.15) is 5.82 Å². The van der Waals surface area contributed by atoms with Gasteiger partial charge < -0.3 is 15.7 Å². The van der Waals surface area contributed by atoms with Crippen molar-refractivity contribution in [3.05, 3.63) is 59.7 Å². The highest BCUT2D eigenvalue weighted by Gasteiger charge is 2.37. The zero-order valence-electron chi connectivity index (χ0n) is 16.0. The average Bonchev–Trinajstić information content (AvgIpc) is 3.07. The molecular weight excluding hydrogens is 356 g/mol. The second kappa shape index (κ2) is 9.41. The van der Waals surface area contributed by atoms with Gasteiger partial charge in [-0.3, -0.25) is 9.59 Å². The van der Waals surface area contributed by atoms with Crippen LogP contribution >= 0.6 is 0 Å². The largest absolute Gasteiger partial charge is 0.391 e. The number of nitrogens with one attached hydrogen (secondary N) is 2. The molecule has 1 aromatic heterocycles. The number of carbonyl (C=O) groups is 2. The van der Waals surface area contributed by atoms with Gasteiger partial charge in [-0.1, -0.05) is 30.3 Å². The van der Waals surface area contributed by atoms with Crippen molar-refractivity contribution in [3.8, 4) is 0 Å². The molecule has 3 rings (SSSR count). The molecule has 1 aromatic carbocycles. The lowest BCUT2D eigenvalue weighted by Gasteiger charge is -2.16. The van der Waals surface area contributed by atoms with Gasteiger partial charge in [0.2, 0.25) is 5.91 Å². The molecule has 1 saturated carbocycles. The molecule has 1 aliphatic carbocycles. The highest BCUT2D eigenvalue weighted by atomic mass is 16.3. The van der Waals surface area contributed by atoms with Crippen molar-refractivity contribution in [2.45, 2.75) is 44.8 Å². The molecule has 7 heteroatoms. The van der Waals surface area contributed by atoms with Crippen LogP contribution in [-0.2, 0) is 11.2 Å². The molecule has 3 N–H and O–H groups in total. The SMILES string of the molecule is Cc1ncc(C(=O)N[C@@H]2C[C@H](C(=O)NCCCc3ccccc3)C[C@H]2O)cn1. The first-order chi connectivity index (χ1) is 13.5. The summed E-state index contributed by atoms with van der Waals surface area (Å²) in [5.74, 6) is -0.122. The minimum atomic E-state index is -0.740. The van der Waals surface area contributed by atoms with Crippen molar-refractivity contribution in [2.24, 2.45) is 5.92 Å². The number of aliphatic hydroxyl groups is 1. The topological polar surface area (TPSA) is 104 Å². The second-order valence-corrected chi connectivity index (χ2v) is 7.21. The van der Waals surface area contributed by atoms with Crippen LogP contribution in [0.3, 0.4) is 0 Å². The minimum Gasteiger partial charge on any atom is -0.391 e. The summed E-state index contributed by atoms with van der Waals surface area (Å²) in [5.41, 5.74) is 1.59. The third kappa shape index (κ3) is 5.36. The molecule has 1 aliphatic rings. The first-order valence-corrected chi connectivity index (χ1v) is 9.62. The zero-order valence-corrected chi connectivity index (χ0v) is 16.0. The number of rotatable bonds is 7. The molecule has 0 bridgehead atoms. The normalized spacial score (nSPS) is 21.3. The summed E-state index contributed by atoms with van der Waals surface area (Å²) in [7, 11) is 0. The smallest absolute Gasteiger partial charge is 0.254 e. The van der Waals surface area contributed by atoms with Crippen LogP contribution in [0, 0.1) is 12.8 Å². The van der Waals surface area contributed by atoms with Crippen LogP contribution in [0.1, 0.15) is 41.0 Å². The van der Waals surface area contributed by atoms with Gasteiger partial charge in [-0.15, -0.1) is 0 Å². The lowest BCUT2D eigenvalue weighted by molar-refractivity contribution is -0.125. The van der Waals surface area contributed by atoms with E-state index in [0.717, 1.165) is 12.8 Å². The van der Waals surface area contributed by atoms with E-state index in [1.165, 1.54) is 18.0 Å². The van der Waals surface area contributed by atoms with E-state index in [1.54, 1.807) is 6.92 Å². The summed E-state index contributed by atoms with van der Waals surface area (Å²) in [5, 5.41) is 16.0. The predicted octanol–water partition coefficient (Wildman–Crippen LogP) is 1.40. The third-order valence-corrected chi connectivity index (χ3v) is 5.04. The quantitative estimate of drug-likeness (QED) is 0.628. The molecule has 2 amide bonds. The summed E-state index contributed by atoms with van der Waals surface area (Å²) >= 11 is 0. The lowest BCUT2D eigenvalue weighted by atomic mass is 10.1. The average molecular weight is 382 g/mol. The molecule has 0 spiro atoms. The number of nitrogens with zero attached hydrogens (tertiary/aromatic N) is 2. The number of benzene rings is 1. The maximum Gasteiger partial charge on any atom is 0.254 e. The molecule has 0 unspecified atom stereocenters. The Morgan fingerprint density at radius 2 is 1.86 bits per heavy atom. The maximum absolute atomic E-state index is 12.4. The number of hydrogen-bond donors (Lipinski definition) is 3. The molecule has 1 fully saturated rings. The van der Waals surface area contributed by atoms with Crippen molar-refractivity contribution >= 4 is 11.8 Å². The number of carbonyl (C=O) groups excluding carboxylic acids is 2. The molecule has 0 radical (unpaired) electrons. The molecule has 0 aliphatic heterocycles. The van der Waals surface area contributed by atoms with Gasteiger partial charge in [-0.25, -0.2) is 9.97 Å². The summed E-state index contributed by atoms with van der Waals surface area (Å²) in [6.45, 7) is 2.34. The Balaban J connectivity index is 1.42. The number of amides is 2. The van der Waals surface area contributed by atoms with Gasteiger partial charge in [0.25, 0.3) is 5.91 Å². The summed E-state index contributed by atoms with van der Waals surface area (Å²) in [6.07, 6.45) is 4.70. The van der Waals surface area contributed by atoms with Crippen LogP contribution in [-0.4, -0.2) is 45.6 Å². The Hall–Kier alpha value is -2.80. The third-order valence-electron chi connectivity index (χ3n) is 5.04. The molecule has 28 heavy (non-hydrogen) atoms. The Morgan fingerprint density at radius 3 is 2.57 bits per heavy atom. The van der Waals surface area contributed by atoms with E-state index < -0.39 is 12.1 Å². The van der Waals surface area contributed by atoms with Crippen molar-refractivity contribution in [3.63, 3.8) is 0 Å². The van der Waals surface area contributed by atoms with Crippen LogP contribution in [0.2, 0.25) is 0 Å². The standard InChI is InChI=1S/C21H26N4O3/c1-14-23-12-17(13-24-14)21(28)25-18-10-16(11-19(18)26)20(27)22-9-5-8-15-6-3-2-4-7-15/h2-4,6-7,12-13,16,18-19,26H,5,8-11H2,1H3,(H,22,27)(H,25,28)/t16-,18+,19+/m0/s1. The Morgan fingerprint density at radius 1 is 1.14 bits per heavy atom. The fourth-order valence-corrected chi connectivity index (χ4v) is 3.44. The highest BCUT2D eigenvalue weighted by molar-refractivity contribution is 5.94. The monoisotopic (exact) mass is 382 g/mol. The molecule has 3 atom stereocenters. The Bertz CT molecular complexity index is 795. The van der Waals surface area contributed by atoms with Crippen LogP contribution in [0.4, 0.5) is 0 Å². The Labute approximate surface area is 164 Å². The minimum absolute atomic E-state index is 0.0671. The fourth-order valence-electron chi connectivity index (χ4n) is 3.44. The number of hydrogen-bond acceptors (Lipinski definition) is 5. The van der Waals surface area contributed by atoms with E-state index in [2.05, 4.69) is 32.7 Å². The van der Waals surface area contributed by atoms with Gasteiger partial charge in [0.05, 0.1) is 17.7 Å². The first-order valence-electron chi connectivity index (χ1n) is 9.62. The van der Waals surface area contributed by atoms with E-state index in [9.17, 15) is 14.7 Å². The molecular formula is C21H26N4O3. The van der Waals surface area contributed by atoms with Crippen LogP contribution < -0.4 is 10.6 Å². The maximum atomic E-state index is 12.4. The lowest BCUT2D eigenvalue weighted by Crippen LogP contribution is -2.40. The van der Waals surface area contributed by atoms with E-state index >= 15 is 0 Å². The molecule has 7 nitrogen and oxygen atoms in total. The second-order valence-electron chi connectivity index (χ2n) is 7.21. The van der Waals surface area contributed by atoms with Crippen molar-refractivity contribution < 1.29 is 14.7 Å². The first kappa shape index (κ1) is 19.9. The van der Waals surface area contributed by atoms with Crippen molar-refractivity contribution in [2.75, 3.05) is 6.54 Å². The van der Waals surface area contributed by atoms with Crippen molar-refractivity contribution in [1.82, 2.24) is 20.6 Å². The van der Waals surface area contributed by atoms with Crippen LogP contribution in [0.25, 0.3) is 0 Å². The van der Waals surface area contributed by atoms with Crippen LogP contribution in [0.5, 0.6) is 0 Å². The van der Waals surface area contributed by atoms with E-state index in [4.69, 9.17) is 0 Å². The predicted molar refractivity (Wildman–Crippen MR) is 105 cm³/mol. The van der Waals surface area contributed by atoms with Crippen molar-refractivity contribution in [1.29, 1.82) is 0 Å². The van der Waals surface area contributed by atoms with E-state index in [0.29, 0.717) is 30.8 Å². The van der Waals surface area contributed by atoms with Gasteiger partial charge >= 0.3 is 0 Å². The molecule has 2 aromatic rings. The van der Waals surface area contributed by atoms with Crippen LogP contribution in [0.15, 0.2) is 42.7 Å². The summed E-state index contributed by atoms with van der Waals surface area (Å²) in [6, 6.07) is 9.69. The summed E-state index contributed by atoms with van der Waals surface area (Å²) in [4.78, 5) is 32.7. The van der Waals surface area contributed by atoms with Gasteiger partial charge in [-0.05, 0) is 38.2 Å². The van der Waals surface area contributed by atoms with E-state index in [-0.39, 0.29) is 17.7 Å². The highest BCUT2D eigenvalue weighted by Crippen LogP contribution is 2.26. The zero-order chi connectivity index (χ0) is 19.9. The Kier molecular flexibility index (Phi) is 6.71. The van der Waals surface area contributed by atoms with E-state index in [1.807, 2.05) is 18.2 Å².